The predicted molar refractivity (Wildman–Crippen MR) is 43.8 cm³/mol. The van der Waals surface area contributed by atoms with Gasteiger partial charge in [0, 0.05) is 0 Å². The van der Waals surface area contributed by atoms with Gasteiger partial charge < -0.3 is 0 Å². The van der Waals surface area contributed by atoms with Crippen molar-refractivity contribution in [3.8, 4) is 0 Å². The fraction of sp³-hybridized carbons (Fsp3) is 1.00. The van der Waals surface area contributed by atoms with E-state index in [-0.39, 0.29) is 0 Å². The Morgan fingerprint density at radius 2 is 1.40 bits per heavy atom. The second-order valence-electron chi connectivity index (χ2n) is 4.45. The van der Waals surface area contributed by atoms with Crippen molar-refractivity contribution in [2.75, 3.05) is 0 Å². The first-order chi connectivity index (χ1) is 4.79. The molecule has 0 aromatic heterocycles. The molecule has 0 aromatic rings. The van der Waals surface area contributed by atoms with Crippen molar-refractivity contribution in [3.63, 3.8) is 0 Å². The highest BCUT2D eigenvalue weighted by Gasteiger charge is 2.40. The Kier molecular flexibility index (Phi) is 1.51. The molecule has 10 heavy (non-hydrogen) atoms. The monoisotopic (exact) mass is 138 g/mol. The van der Waals surface area contributed by atoms with Gasteiger partial charge in [-0.25, -0.2) is 0 Å². The Labute approximate surface area is 64.0 Å². The van der Waals surface area contributed by atoms with Gasteiger partial charge in [0.1, 0.15) is 0 Å². The van der Waals surface area contributed by atoms with E-state index in [0.29, 0.717) is 0 Å². The van der Waals surface area contributed by atoms with Crippen LogP contribution in [0.3, 0.4) is 0 Å². The van der Waals surface area contributed by atoms with Crippen LogP contribution in [0.15, 0.2) is 0 Å². The lowest BCUT2D eigenvalue weighted by Crippen LogP contribution is -2.07. The summed E-state index contributed by atoms with van der Waals surface area (Å²) < 4.78 is 0. The molecule has 0 nitrogen and oxygen atoms in total. The zero-order chi connectivity index (χ0) is 7.14. The molecule has 0 saturated heterocycles. The second kappa shape index (κ2) is 2.25. The Bertz CT molecular complexity index is 114. The van der Waals surface area contributed by atoms with E-state index in [9.17, 15) is 0 Å². The molecule has 0 radical (unpaired) electrons. The lowest BCUT2D eigenvalue weighted by atomic mass is 9.92. The van der Waals surface area contributed by atoms with Gasteiger partial charge >= 0.3 is 0 Å². The second-order valence-corrected chi connectivity index (χ2v) is 4.45. The average Bonchev–Trinajstić information content (AvgIpc) is 2.39. The molecule has 0 aromatic carbocycles. The van der Waals surface area contributed by atoms with Gasteiger partial charge in [-0.05, 0) is 42.9 Å². The summed E-state index contributed by atoms with van der Waals surface area (Å²) >= 11 is 0. The SMILES string of the molecule is CC1CC(C)[C@@H]2CCCC12. The molecule has 0 bridgehead atoms. The van der Waals surface area contributed by atoms with Gasteiger partial charge in [0.05, 0.1) is 0 Å². The van der Waals surface area contributed by atoms with Crippen LogP contribution in [-0.2, 0) is 0 Å². The van der Waals surface area contributed by atoms with Gasteiger partial charge in [0.2, 0.25) is 0 Å². The first kappa shape index (κ1) is 6.69. The summed E-state index contributed by atoms with van der Waals surface area (Å²) in [7, 11) is 0. The third-order valence-corrected chi connectivity index (χ3v) is 3.83. The summed E-state index contributed by atoms with van der Waals surface area (Å²) in [4.78, 5) is 0. The van der Waals surface area contributed by atoms with Gasteiger partial charge in [-0.1, -0.05) is 20.3 Å². The van der Waals surface area contributed by atoms with E-state index in [1.807, 2.05) is 0 Å². The van der Waals surface area contributed by atoms with Crippen LogP contribution in [-0.4, -0.2) is 0 Å². The first-order valence-electron chi connectivity index (χ1n) is 4.79. The Morgan fingerprint density at radius 1 is 0.900 bits per heavy atom. The normalized spacial score (nSPS) is 53.4. The zero-order valence-corrected chi connectivity index (χ0v) is 7.14. The predicted octanol–water partition coefficient (Wildman–Crippen LogP) is 3.08. The number of rotatable bonds is 0. The minimum absolute atomic E-state index is 1.04. The molecule has 2 fully saturated rings. The molecule has 2 aliphatic carbocycles. The Hall–Kier alpha value is 0. The fourth-order valence-corrected chi connectivity index (χ4v) is 3.37. The molecule has 0 amide bonds. The Morgan fingerprint density at radius 3 is 1.90 bits per heavy atom. The van der Waals surface area contributed by atoms with Crippen molar-refractivity contribution in [2.24, 2.45) is 23.7 Å². The van der Waals surface area contributed by atoms with E-state index in [1.54, 1.807) is 0 Å². The minimum atomic E-state index is 1.04. The summed E-state index contributed by atoms with van der Waals surface area (Å²) in [5, 5.41) is 0. The molecule has 0 spiro atoms. The molecular weight excluding hydrogens is 120 g/mol. The molecule has 58 valence electrons. The van der Waals surface area contributed by atoms with E-state index in [0.717, 1.165) is 23.7 Å². The molecule has 0 aliphatic heterocycles. The van der Waals surface area contributed by atoms with Crippen LogP contribution in [0.4, 0.5) is 0 Å². The van der Waals surface area contributed by atoms with Crippen molar-refractivity contribution < 1.29 is 0 Å². The minimum Gasteiger partial charge on any atom is -0.0622 e. The Balaban J connectivity index is 2.11. The van der Waals surface area contributed by atoms with Crippen LogP contribution in [0.1, 0.15) is 39.5 Å². The molecule has 0 heterocycles. The molecule has 2 rings (SSSR count). The number of hydrogen-bond donors (Lipinski definition) is 0. The lowest BCUT2D eigenvalue weighted by Gasteiger charge is -2.13. The lowest BCUT2D eigenvalue weighted by molar-refractivity contribution is 0.352. The largest absolute Gasteiger partial charge is 0.0622 e. The molecule has 0 N–H and O–H groups in total. The van der Waals surface area contributed by atoms with Crippen LogP contribution in [0.25, 0.3) is 0 Å². The molecular formula is C10H18. The third kappa shape index (κ3) is 0.810. The summed E-state index contributed by atoms with van der Waals surface area (Å²) in [5.41, 5.74) is 0. The summed E-state index contributed by atoms with van der Waals surface area (Å²) in [6.45, 7) is 4.90. The topological polar surface area (TPSA) is 0 Å². The van der Waals surface area contributed by atoms with E-state index in [4.69, 9.17) is 0 Å². The van der Waals surface area contributed by atoms with Crippen LogP contribution in [0.2, 0.25) is 0 Å². The summed E-state index contributed by atoms with van der Waals surface area (Å²) in [6, 6.07) is 0. The molecule has 4 atom stereocenters. The molecule has 2 saturated carbocycles. The van der Waals surface area contributed by atoms with Gasteiger partial charge in [-0.2, -0.15) is 0 Å². The van der Waals surface area contributed by atoms with Crippen LogP contribution >= 0.6 is 0 Å². The van der Waals surface area contributed by atoms with Crippen molar-refractivity contribution >= 4 is 0 Å². The fourth-order valence-electron chi connectivity index (χ4n) is 3.37. The maximum Gasteiger partial charge on any atom is -0.0357 e. The number of fused-ring (bicyclic) bond motifs is 1. The van der Waals surface area contributed by atoms with Gasteiger partial charge in [0.25, 0.3) is 0 Å². The molecule has 0 heteroatoms. The maximum atomic E-state index is 2.45. The van der Waals surface area contributed by atoms with Crippen molar-refractivity contribution in [1.29, 1.82) is 0 Å². The van der Waals surface area contributed by atoms with Gasteiger partial charge in [0.15, 0.2) is 0 Å². The van der Waals surface area contributed by atoms with E-state index in [2.05, 4.69) is 13.8 Å². The van der Waals surface area contributed by atoms with Gasteiger partial charge in [-0.3, -0.25) is 0 Å². The highest BCUT2D eigenvalue weighted by molar-refractivity contribution is 4.90. The van der Waals surface area contributed by atoms with Crippen LogP contribution in [0.5, 0.6) is 0 Å². The third-order valence-electron chi connectivity index (χ3n) is 3.83. The van der Waals surface area contributed by atoms with E-state index >= 15 is 0 Å². The maximum absolute atomic E-state index is 2.45. The van der Waals surface area contributed by atoms with E-state index < -0.39 is 0 Å². The zero-order valence-electron chi connectivity index (χ0n) is 7.14. The van der Waals surface area contributed by atoms with Crippen molar-refractivity contribution in [2.45, 2.75) is 39.5 Å². The number of hydrogen-bond acceptors (Lipinski definition) is 0. The molecule has 2 aliphatic rings. The van der Waals surface area contributed by atoms with E-state index in [1.165, 1.54) is 25.7 Å². The van der Waals surface area contributed by atoms with Crippen LogP contribution < -0.4 is 0 Å². The standard InChI is InChI=1S/C10H18/c1-7-6-8(2)10-5-3-4-9(7)10/h7-10H,3-6H2,1-2H3/t7?,8?,9-,10?/m0/s1. The van der Waals surface area contributed by atoms with Crippen LogP contribution in [0, 0.1) is 23.7 Å². The highest BCUT2D eigenvalue weighted by Crippen LogP contribution is 2.50. The van der Waals surface area contributed by atoms with Crippen molar-refractivity contribution in [1.82, 2.24) is 0 Å². The smallest absolute Gasteiger partial charge is 0.0357 e. The van der Waals surface area contributed by atoms with Crippen molar-refractivity contribution in [3.05, 3.63) is 0 Å². The quantitative estimate of drug-likeness (QED) is 0.482. The van der Waals surface area contributed by atoms with Gasteiger partial charge in [-0.15, -0.1) is 0 Å². The summed E-state index contributed by atoms with van der Waals surface area (Å²) in [6.07, 6.45) is 6.10. The summed E-state index contributed by atoms with van der Waals surface area (Å²) in [5.74, 6) is 4.33. The first-order valence-corrected chi connectivity index (χ1v) is 4.79. The average molecular weight is 138 g/mol. The highest BCUT2D eigenvalue weighted by atomic mass is 14.5. The molecule has 3 unspecified atom stereocenters.